The van der Waals surface area contributed by atoms with Gasteiger partial charge in [-0.3, -0.25) is 4.98 Å². The Morgan fingerprint density at radius 2 is 1.29 bits per heavy atom. The van der Waals surface area contributed by atoms with Gasteiger partial charge in [-0.2, -0.15) is 5.69 Å². The van der Waals surface area contributed by atoms with Crippen LogP contribution in [-0.2, 0) is 33.2 Å². The van der Waals surface area contributed by atoms with Crippen molar-refractivity contribution >= 4 is 20.2 Å². The van der Waals surface area contributed by atoms with E-state index in [1.807, 2.05) is 54.6 Å². The molecule has 5 rings (SSSR count). The molecule has 0 unspecified atom stereocenters. The summed E-state index contributed by atoms with van der Waals surface area (Å²) < 4.78 is 29.3. The van der Waals surface area contributed by atoms with Gasteiger partial charge in [-0.15, -0.1) is 53.2 Å². The molecule has 0 atom stereocenters. The number of para-hydroxylation sites is 2. The van der Waals surface area contributed by atoms with E-state index in [1.165, 1.54) is 0 Å². The Bertz CT molecular complexity index is 1110. The van der Waals surface area contributed by atoms with E-state index in [0.29, 0.717) is 13.1 Å². The van der Waals surface area contributed by atoms with Crippen LogP contribution in [0.2, 0.25) is 0 Å². The maximum atomic E-state index is 9.77. The van der Waals surface area contributed by atoms with Crippen LogP contribution in [-0.4, -0.2) is 4.98 Å². The molecule has 1 aromatic heterocycles. The number of benzene rings is 3. The third-order valence-electron chi connectivity index (χ3n) is 4.87. The summed E-state index contributed by atoms with van der Waals surface area (Å²) in [6.07, 6.45) is 0. The van der Waals surface area contributed by atoms with Gasteiger partial charge < -0.3 is 18.1 Å². The van der Waals surface area contributed by atoms with Crippen molar-refractivity contribution in [3.05, 3.63) is 120 Å². The van der Waals surface area contributed by atoms with Crippen molar-refractivity contribution in [3.8, 4) is 22.4 Å². The molecule has 8 heteroatoms. The minimum atomic E-state index is -4.38. The number of rotatable bonds is 0. The molecule has 1 aliphatic rings. The Morgan fingerprint density at radius 1 is 0.706 bits per heavy atom. The minimum Gasteiger partial charge on any atom is -0.687 e. The molecule has 3 nitrogen and oxygen atoms in total. The third-order valence-corrected chi connectivity index (χ3v) is 4.87. The Kier molecular flexibility index (Phi) is 10.7. The number of fused-ring (bicyclic) bond motifs is 8. The fourth-order valence-electron chi connectivity index (χ4n) is 3.49. The second-order valence-electron chi connectivity index (χ2n) is 6.98. The zero-order chi connectivity index (χ0) is 22.3. The normalized spacial score (nSPS) is 11.4. The summed E-state index contributed by atoms with van der Waals surface area (Å²) in [5.41, 5.74) is 7.99. The molecule has 0 aliphatic carbocycles. The predicted molar refractivity (Wildman–Crippen MR) is 132 cm³/mol. The summed E-state index contributed by atoms with van der Waals surface area (Å²) in [5, 5.41) is 9.71. The van der Waals surface area contributed by atoms with E-state index >= 15 is 0 Å². The van der Waals surface area contributed by atoms with E-state index in [4.69, 9.17) is 15.6 Å². The van der Waals surface area contributed by atoms with Gasteiger partial charge in [-0.05, 0) is 17.7 Å². The average Bonchev–Trinajstić information content (AvgIpc) is 2.81. The van der Waals surface area contributed by atoms with E-state index in [9.17, 15) is 12.6 Å². The van der Waals surface area contributed by atoms with Crippen LogP contribution in [0.4, 0.5) is 24.0 Å². The Morgan fingerprint density at radius 3 is 2.03 bits per heavy atom. The molecule has 1 aliphatic heterocycles. The smallest absolute Gasteiger partial charge is 0.558 e. The number of pyridine rings is 1. The van der Waals surface area contributed by atoms with Gasteiger partial charge in [0.25, 0.3) is 0 Å². The Balaban J connectivity index is 0.000000634. The third kappa shape index (κ3) is 7.14. The van der Waals surface area contributed by atoms with Gasteiger partial charge >= 0.3 is 8.85 Å². The summed E-state index contributed by atoms with van der Waals surface area (Å²) >= 11 is 0. The van der Waals surface area contributed by atoms with Crippen LogP contribution in [0.1, 0.15) is 11.3 Å². The molecule has 34 heavy (non-hydrogen) atoms. The summed E-state index contributed by atoms with van der Waals surface area (Å²) in [7, 11) is -4.38. The number of aromatic nitrogens is 1. The van der Waals surface area contributed by atoms with Crippen molar-refractivity contribution < 1.29 is 32.7 Å². The maximum absolute atomic E-state index is 9.77. The average molecular weight is 657 g/mol. The van der Waals surface area contributed by atoms with Crippen LogP contribution >= 0.6 is 8.85 Å². The summed E-state index contributed by atoms with van der Waals surface area (Å²) in [6, 6.07) is 32.2. The molecule has 2 heterocycles. The van der Waals surface area contributed by atoms with Gasteiger partial charge in [0, 0.05) is 38.4 Å². The van der Waals surface area contributed by atoms with Crippen molar-refractivity contribution in [2.75, 3.05) is 0 Å². The van der Waals surface area contributed by atoms with Crippen molar-refractivity contribution in [1.29, 1.82) is 0 Å². The number of hydrogen-bond acceptors (Lipinski definition) is 1. The molecule has 0 N–H and O–H groups in total. The molecular weight excluding hydrogens is 634 g/mol. The SMILES string of the molecule is F[PH+](F)F.[CH3-].[Ir].[c-]1c2cccc1-c1ccccc1[N-]Cc1cccc(n1)-c1ccccc1[N-]C2. The van der Waals surface area contributed by atoms with Crippen LogP contribution in [0.3, 0.4) is 0 Å². The molecule has 4 bridgehead atoms. The number of halogens is 3. The fourth-order valence-corrected chi connectivity index (χ4v) is 3.49. The Hall–Kier alpha value is -2.72. The molecule has 1 radical (unpaired) electrons. The van der Waals surface area contributed by atoms with Crippen molar-refractivity contribution in [3.63, 3.8) is 0 Å². The molecule has 0 saturated heterocycles. The topological polar surface area (TPSA) is 41.1 Å². The monoisotopic (exact) mass is 657 g/mol. The van der Waals surface area contributed by atoms with E-state index in [2.05, 4.69) is 36.4 Å². The summed E-state index contributed by atoms with van der Waals surface area (Å²) in [6.45, 7) is 1.10. The van der Waals surface area contributed by atoms with Gasteiger partial charge in [0.2, 0.25) is 0 Å². The number of nitrogens with zero attached hydrogens (tertiary/aromatic N) is 3. The van der Waals surface area contributed by atoms with Crippen LogP contribution in [0.5, 0.6) is 0 Å². The first kappa shape index (κ1) is 27.5. The second kappa shape index (κ2) is 13.2. The van der Waals surface area contributed by atoms with Crippen LogP contribution in [0, 0.1) is 13.5 Å². The van der Waals surface area contributed by atoms with Gasteiger partial charge in [0.1, 0.15) is 0 Å². The molecular formula is C26H22F3IrN3P-3. The van der Waals surface area contributed by atoms with E-state index in [-0.39, 0.29) is 27.5 Å². The molecule has 0 fully saturated rings. The maximum Gasteiger partial charge on any atom is 0.558 e. The van der Waals surface area contributed by atoms with Crippen LogP contribution < -0.4 is 0 Å². The zero-order valence-corrected chi connectivity index (χ0v) is 21.7. The van der Waals surface area contributed by atoms with E-state index in [0.717, 1.165) is 45.0 Å². The van der Waals surface area contributed by atoms with E-state index < -0.39 is 8.85 Å². The van der Waals surface area contributed by atoms with Crippen LogP contribution in [0.15, 0.2) is 84.9 Å². The van der Waals surface area contributed by atoms with Crippen molar-refractivity contribution in [2.24, 2.45) is 0 Å². The molecule has 0 amide bonds. The first-order chi connectivity index (χ1) is 15.6. The predicted octanol–water partition coefficient (Wildman–Crippen LogP) is 9.24. The van der Waals surface area contributed by atoms with Gasteiger partial charge in [0.05, 0.1) is 5.69 Å². The molecule has 179 valence electrons. The van der Waals surface area contributed by atoms with Gasteiger partial charge in [-0.25, -0.2) is 0 Å². The zero-order valence-electron chi connectivity index (χ0n) is 18.3. The quantitative estimate of drug-likeness (QED) is 0.137. The first-order valence-electron chi connectivity index (χ1n) is 9.94. The molecule has 4 aromatic rings. The van der Waals surface area contributed by atoms with Crippen molar-refractivity contribution in [1.82, 2.24) is 4.98 Å². The summed E-state index contributed by atoms with van der Waals surface area (Å²) in [5.74, 6) is 0. The Labute approximate surface area is 213 Å². The van der Waals surface area contributed by atoms with E-state index in [1.54, 1.807) is 0 Å². The minimum absolute atomic E-state index is 0. The number of hydrogen-bond donors (Lipinski definition) is 0. The fraction of sp³-hybridized carbons (Fsp3) is 0.0769. The molecule has 0 saturated carbocycles. The van der Waals surface area contributed by atoms with Gasteiger partial charge in [0.15, 0.2) is 0 Å². The van der Waals surface area contributed by atoms with Crippen LogP contribution in [0.25, 0.3) is 33.0 Å². The summed E-state index contributed by atoms with van der Waals surface area (Å²) in [4.78, 5) is 4.84. The largest absolute Gasteiger partial charge is 0.687 e. The molecule has 3 aromatic carbocycles. The standard InChI is InChI=1S/C25H18N3.CH3.F3HP.Ir/c1-3-12-23-21(10-1)19-8-5-7-18(15-19)16-26-24-13-4-2-11-22(24)25-14-6-9-20(28-25)17-27-23;;1-4(2)3;/h1-14H,16-17H2;1H3;4H;/q-3;-1;+1;. The first-order valence-corrected chi connectivity index (χ1v) is 11.1. The molecule has 0 spiro atoms. The second-order valence-corrected chi connectivity index (χ2v) is 7.41. The van der Waals surface area contributed by atoms with Crippen molar-refractivity contribution in [2.45, 2.75) is 13.1 Å². The van der Waals surface area contributed by atoms with Gasteiger partial charge in [-0.1, -0.05) is 61.1 Å².